The molecule has 1 atom stereocenters. The molecule has 7 heteroatoms. The summed E-state index contributed by atoms with van der Waals surface area (Å²) in [6.45, 7) is 5.69. The minimum absolute atomic E-state index is 0.00316. The van der Waals surface area contributed by atoms with Crippen molar-refractivity contribution >= 4 is 33.9 Å². The quantitative estimate of drug-likeness (QED) is 0.574. The van der Waals surface area contributed by atoms with E-state index in [0.29, 0.717) is 23.3 Å². The molecule has 1 aromatic carbocycles. The van der Waals surface area contributed by atoms with Gasteiger partial charge in [-0.25, -0.2) is 0 Å². The van der Waals surface area contributed by atoms with E-state index in [-0.39, 0.29) is 12.0 Å². The van der Waals surface area contributed by atoms with Gasteiger partial charge in [-0.2, -0.15) is 0 Å². The number of H-pyrrole nitrogens is 1. The van der Waals surface area contributed by atoms with Crippen LogP contribution in [0, 0.1) is 0 Å². The predicted octanol–water partition coefficient (Wildman–Crippen LogP) is 4.13. The Labute approximate surface area is 146 Å². The molecule has 1 aliphatic heterocycles. The number of nitrogens with zero attached hydrogens (tertiary/aromatic N) is 2. The third kappa shape index (κ3) is 3.73. The van der Waals surface area contributed by atoms with Gasteiger partial charge >= 0.3 is 0 Å². The van der Waals surface area contributed by atoms with Gasteiger partial charge in [-0.15, -0.1) is 10.2 Å². The fraction of sp³-hybridized carbons (Fsp3) is 0.471. The van der Waals surface area contributed by atoms with Crippen LogP contribution in [0.25, 0.3) is 10.9 Å². The number of aromatic amines is 1. The molecule has 2 heterocycles. The largest absolute Gasteiger partial charge is 0.493 e. The van der Waals surface area contributed by atoms with Crippen molar-refractivity contribution in [1.82, 2.24) is 10.3 Å². The molecule has 128 valence electrons. The van der Waals surface area contributed by atoms with Gasteiger partial charge in [0.05, 0.1) is 11.6 Å². The number of ether oxygens (including phenoxy) is 1. The van der Waals surface area contributed by atoms with Gasteiger partial charge in [0.2, 0.25) is 11.0 Å². The van der Waals surface area contributed by atoms with Crippen LogP contribution in [0.15, 0.2) is 28.4 Å². The third-order valence-corrected chi connectivity index (χ3v) is 4.41. The lowest BCUT2D eigenvalue weighted by molar-refractivity contribution is 0.114. The van der Waals surface area contributed by atoms with Crippen LogP contribution in [-0.2, 0) is 4.74 Å². The highest BCUT2D eigenvalue weighted by Gasteiger charge is 2.15. The van der Waals surface area contributed by atoms with Crippen molar-refractivity contribution in [2.45, 2.75) is 38.7 Å². The minimum Gasteiger partial charge on any atom is -0.493 e. The number of azo groups is 1. The predicted molar refractivity (Wildman–Crippen MR) is 98.1 cm³/mol. The lowest BCUT2D eigenvalue weighted by Gasteiger charge is -2.09. The van der Waals surface area contributed by atoms with Crippen molar-refractivity contribution in [3.05, 3.63) is 23.8 Å². The normalized spacial score (nSPS) is 18.0. The van der Waals surface area contributed by atoms with E-state index in [0.717, 1.165) is 30.4 Å². The van der Waals surface area contributed by atoms with E-state index in [9.17, 15) is 5.11 Å². The molecule has 1 fully saturated rings. The smallest absolute Gasteiger partial charge is 0.218 e. The summed E-state index contributed by atoms with van der Waals surface area (Å²) >= 11 is 5.18. The Morgan fingerprint density at radius 3 is 3.04 bits per heavy atom. The van der Waals surface area contributed by atoms with Gasteiger partial charge in [-0.1, -0.05) is 19.9 Å². The summed E-state index contributed by atoms with van der Waals surface area (Å²) in [5.41, 5.74) is 2.41. The molecule has 0 bridgehead atoms. The monoisotopic (exact) mass is 346 g/mol. The van der Waals surface area contributed by atoms with Crippen LogP contribution >= 0.6 is 12.2 Å². The molecule has 0 radical (unpaired) electrons. The number of fused-ring (bicyclic) bond motifs is 1. The first-order chi connectivity index (χ1) is 11.5. The Balaban J connectivity index is 1.74. The Bertz CT molecular complexity index is 763. The molecule has 6 nitrogen and oxygen atoms in total. The maximum atomic E-state index is 10.1. The summed E-state index contributed by atoms with van der Waals surface area (Å²) in [5.74, 6) is 0.391. The Morgan fingerprint density at radius 2 is 2.33 bits per heavy atom. The van der Waals surface area contributed by atoms with Gasteiger partial charge in [-0.05, 0) is 48.7 Å². The Hall–Kier alpha value is -1.99. The first-order valence-electron chi connectivity index (χ1n) is 8.20. The van der Waals surface area contributed by atoms with Gasteiger partial charge < -0.3 is 20.1 Å². The van der Waals surface area contributed by atoms with E-state index in [1.165, 1.54) is 5.56 Å². The van der Waals surface area contributed by atoms with Crippen molar-refractivity contribution < 1.29 is 9.84 Å². The SMILES string of the molecule is CC(C)c1ccc2[nH]c(O)c(N=NC(=S)NC[C@H]3CCCO3)c2c1. The molecule has 0 unspecified atom stereocenters. The Morgan fingerprint density at radius 1 is 1.50 bits per heavy atom. The zero-order chi connectivity index (χ0) is 17.1. The molecule has 1 aromatic heterocycles. The van der Waals surface area contributed by atoms with Crippen LogP contribution in [0.3, 0.4) is 0 Å². The molecule has 3 rings (SSSR count). The minimum atomic E-state index is -0.00316. The molecule has 1 aliphatic rings. The summed E-state index contributed by atoms with van der Waals surface area (Å²) in [5, 5.41) is 22.4. The van der Waals surface area contributed by atoms with Crippen LogP contribution in [0.1, 0.15) is 38.2 Å². The van der Waals surface area contributed by atoms with E-state index in [1.807, 2.05) is 18.2 Å². The second kappa shape index (κ2) is 7.27. The summed E-state index contributed by atoms with van der Waals surface area (Å²) in [4.78, 5) is 2.91. The standard InChI is InChI=1S/C17H22N4O2S/c1-10(2)11-5-6-14-13(8-11)15(16(22)19-14)20-21-17(24)18-9-12-4-3-7-23-12/h5-6,8,10,12,19,22H,3-4,7,9H2,1-2H3,(H,18,24)/t12-/m1/s1. The summed E-state index contributed by atoms with van der Waals surface area (Å²) < 4.78 is 5.53. The van der Waals surface area contributed by atoms with Gasteiger partial charge in [0.25, 0.3) is 0 Å². The van der Waals surface area contributed by atoms with Gasteiger partial charge in [0.1, 0.15) is 0 Å². The maximum absolute atomic E-state index is 10.1. The molecule has 0 saturated carbocycles. The highest BCUT2D eigenvalue weighted by Crippen LogP contribution is 2.36. The second-order valence-electron chi connectivity index (χ2n) is 6.30. The van der Waals surface area contributed by atoms with Crippen molar-refractivity contribution in [2.24, 2.45) is 10.2 Å². The number of hydrogen-bond acceptors (Lipinski definition) is 4. The van der Waals surface area contributed by atoms with E-state index >= 15 is 0 Å². The fourth-order valence-corrected chi connectivity index (χ4v) is 2.90. The molecule has 0 amide bonds. The Kier molecular flexibility index (Phi) is 5.11. The maximum Gasteiger partial charge on any atom is 0.218 e. The molecule has 24 heavy (non-hydrogen) atoms. The number of hydrogen-bond donors (Lipinski definition) is 3. The number of rotatable bonds is 4. The van der Waals surface area contributed by atoms with E-state index in [4.69, 9.17) is 17.0 Å². The van der Waals surface area contributed by atoms with E-state index < -0.39 is 0 Å². The number of nitrogens with one attached hydrogen (secondary N) is 2. The molecule has 0 aliphatic carbocycles. The molecule has 0 spiro atoms. The summed E-state index contributed by atoms with van der Waals surface area (Å²) in [7, 11) is 0. The first kappa shape index (κ1) is 16.9. The third-order valence-electron chi connectivity index (χ3n) is 4.19. The average molecular weight is 346 g/mol. The van der Waals surface area contributed by atoms with Crippen LogP contribution in [0.2, 0.25) is 0 Å². The van der Waals surface area contributed by atoms with E-state index in [2.05, 4.69) is 34.4 Å². The zero-order valence-corrected chi connectivity index (χ0v) is 14.7. The highest BCUT2D eigenvalue weighted by atomic mass is 32.1. The first-order valence-corrected chi connectivity index (χ1v) is 8.61. The lowest BCUT2D eigenvalue weighted by atomic mass is 10.0. The van der Waals surface area contributed by atoms with Crippen LogP contribution in [0.5, 0.6) is 5.88 Å². The molecule has 2 aromatic rings. The fourth-order valence-electron chi connectivity index (χ4n) is 2.78. The molecule has 1 saturated heterocycles. The second-order valence-corrected chi connectivity index (χ2v) is 6.69. The number of thiocarbonyl (C=S) groups is 1. The van der Waals surface area contributed by atoms with Gasteiger partial charge in [0, 0.05) is 18.5 Å². The molecular weight excluding hydrogens is 324 g/mol. The van der Waals surface area contributed by atoms with Crippen LogP contribution < -0.4 is 5.32 Å². The molecular formula is C17H22N4O2S. The highest BCUT2D eigenvalue weighted by molar-refractivity contribution is 7.80. The topological polar surface area (TPSA) is 82.0 Å². The zero-order valence-electron chi connectivity index (χ0n) is 13.9. The van der Waals surface area contributed by atoms with Gasteiger partial charge in [-0.3, -0.25) is 0 Å². The molecule has 3 N–H and O–H groups in total. The number of benzene rings is 1. The van der Waals surface area contributed by atoms with Crippen LogP contribution in [0.4, 0.5) is 5.69 Å². The van der Waals surface area contributed by atoms with Crippen LogP contribution in [-0.4, -0.2) is 34.5 Å². The van der Waals surface area contributed by atoms with Crippen molar-refractivity contribution in [1.29, 1.82) is 0 Å². The summed E-state index contributed by atoms with van der Waals surface area (Å²) in [6.07, 6.45) is 2.31. The number of aromatic nitrogens is 1. The van der Waals surface area contributed by atoms with Crippen molar-refractivity contribution in [3.63, 3.8) is 0 Å². The lowest BCUT2D eigenvalue weighted by Crippen LogP contribution is -2.29. The van der Waals surface area contributed by atoms with E-state index in [1.54, 1.807) is 0 Å². The van der Waals surface area contributed by atoms with Crippen molar-refractivity contribution in [2.75, 3.05) is 13.2 Å². The summed E-state index contributed by atoms with van der Waals surface area (Å²) in [6, 6.07) is 6.00. The van der Waals surface area contributed by atoms with Crippen molar-refractivity contribution in [3.8, 4) is 5.88 Å². The average Bonchev–Trinajstić information content (AvgIpc) is 3.17. The van der Waals surface area contributed by atoms with Gasteiger partial charge in [0.15, 0.2) is 5.69 Å². The number of aromatic hydroxyl groups is 1.